The number of hydrogen-bond acceptors (Lipinski definition) is 3. The SMILES string of the molecule is CCCCCC1CCC(c2cnc(OC(F)(F)c3ccc(-c4ccc(CC)cc4)c(F)c3F)nc2)CC1. The second-order valence-electron chi connectivity index (χ2n) is 9.97. The number of nitrogens with zero attached hydrogens (tertiary/aromatic N) is 2. The highest BCUT2D eigenvalue weighted by atomic mass is 19.3. The van der Waals surface area contributed by atoms with Gasteiger partial charge in [-0.3, -0.25) is 0 Å². The summed E-state index contributed by atoms with van der Waals surface area (Å²) in [7, 11) is 0. The highest BCUT2D eigenvalue weighted by Crippen LogP contribution is 2.39. The molecule has 0 saturated heterocycles. The van der Waals surface area contributed by atoms with Crippen molar-refractivity contribution in [1.29, 1.82) is 0 Å². The zero-order valence-corrected chi connectivity index (χ0v) is 21.5. The van der Waals surface area contributed by atoms with Crippen LogP contribution in [-0.4, -0.2) is 9.97 Å². The van der Waals surface area contributed by atoms with Gasteiger partial charge in [0, 0.05) is 18.0 Å². The van der Waals surface area contributed by atoms with Gasteiger partial charge in [0.05, 0.1) is 0 Å². The Labute approximate surface area is 216 Å². The third kappa shape index (κ3) is 6.49. The molecular formula is C30H34F4N2O. The first-order valence-corrected chi connectivity index (χ1v) is 13.3. The first-order valence-electron chi connectivity index (χ1n) is 13.3. The molecule has 0 atom stereocenters. The first kappa shape index (κ1) is 27.1. The van der Waals surface area contributed by atoms with E-state index in [0.29, 0.717) is 11.5 Å². The molecule has 0 radical (unpaired) electrons. The summed E-state index contributed by atoms with van der Waals surface area (Å²) in [6, 6.07) is 8.25. The quantitative estimate of drug-likeness (QED) is 0.200. The maximum Gasteiger partial charge on any atom is 0.431 e. The van der Waals surface area contributed by atoms with E-state index in [1.807, 2.05) is 6.92 Å². The van der Waals surface area contributed by atoms with Gasteiger partial charge in [0.2, 0.25) is 0 Å². The lowest BCUT2D eigenvalue weighted by Gasteiger charge is -2.28. The van der Waals surface area contributed by atoms with E-state index in [1.165, 1.54) is 38.1 Å². The van der Waals surface area contributed by atoms with E-state index >= 15 is 0 Å². The Kier molecular flexibility index (Phi) is 8.83. The number of halogens is 4. The average molecular weight is 515 g/mol. The van der Waals surface area contributed by atoms with Gasteiger partial charge >= 0.3 is 12.1 Å². The number of rotatable bonds is 10. The van der Waals surface area contributed by atoms with Crippen molar-refractivity contribution in [2.24, 2.45) is 5.92 Å². The van der Waals surface area contributed by atoms with Crippen molar-refractivity contribution in [1.82, 2.24) is 9.97 Å². The highest BCUT2D eigenvalue weighted by molar-refractivity contribution is 5.65. The Morgan fingerprint density at radius 2 is 1.54 bits per heavy atom. The van der Waals surface area contributed by atoms with Crippen molar-refractivity contribution in [3.63, 3.8) is 0 Å². The van der Waals surface area contributed by atoms with E-state index < -0.39 is 29.3 Å². The van der Waals surface area contributed by atoms with Crippen molar-refractivity contribution in [2.75, 3.05) is 0 Å². The van der Waals surface area contributed by atoms with E-state index in [0.717, 1.165) is 61.3 Å². The molecule has 1 fully saturated rings. The Balaban J connectivity index is 1.41. The zero-order valence-electron chi connectivity index (χ0n) is 21.5. The third-order valence-corrected chi connectivity index (χ3v) is 7.47. The molecule has 198 valence electrons. The van der Waals surface area contributed by atoms with Gasteiger partial charge in [-0.2, -0.15) is 8.78 Å². The van der Waals surface area contributed by atoms with Crippen LogP contribution < -0.4 is 4.74 Å². The molecule has 3 aromatic rings. The smallest absolute Gasteiger partial charge is 0.395 e. The van der Waals surface area contributed by atoms with Gasteiger partial charge in [0.15, 0.2) is 11.6 Å². The van der Waals surface area contributed by atoms with Crippen LogP contribution in [0.4, 0.5) is 17.6 Å². The Morgan fingerprint density at radius 3 is 2.16 bits per heavy atom. The van der Waals surface area contributed by atoms with Crippen molar-refractivity contribution in [2.45, 2.75) is 83.7 Å². The van der Waals surface area contributed by atoms with Crippen LogP contribution in [0.2, 0.25) is 0 Å². The van der Waals surface area contributed by atoms with Gasteiger partial charge < -0.3 is 4.74 Å². The van der Waals surface area contributed by atoms with Gasteiger partial charge in [-0.05, 0) is 66.7 Å². The standard InChI is InChI=1S/C30H34F4N2O/c1-3-5-6-7-21-10-12-22(13-11-21)24-18-35-29(36-19-24)37-30(33,34)26-17-16-25(27(31)28(26)32)23-14-8-20(4-2)9-15-23/h8-9,14-19,21-22H,3-7,10-13H2,1-2H3. The fourth-order valence-corrected chi connectivity index (χ4v) is 5.14. The lowest BCUT2D eigenvalue weighted by atomic mass is 9.77. The van der Waals surface area contributed by atoms with Gasteiger partial charge in [-0.25, -0.2) is 18.7 Å². The number of benzene rings is 2. The lowest BCUT2D eigenvalue weighted by molar-refractivity contribution is -0.192. The maximum atomic E-state index is 14.8. The van der Waals surface area contributed by atoms with Crippen LogP contribution in [0.25, 0.3) is 11.1 Å². The molecule has 0 spiro atoms. The number of ether oxygens (including phenoxy) is 1. The number of unbranched alkanes of at least 4 members (excludes halogenated alkanes) is 2. The number of aromatic nitrogens is 2. The van der Waals surface area contributed by atoms with Crippen LogP contribution in [0, 0.1) is 17.6 Å². The van der Waals surface area contributed by atoms with Crippen molar-refractivity contribution >= 4 is 0 Å². The van der Waals surface area contributed by atoms with E-state index in [-0.39, 0.29) is 5.56 Å². The molecule has 3 nitrogen and oxygen atoms in total. The molecule has 1 saturated carbocycles. The molecule has 1 aromatic heterocycles. The molecule has 1 aliphatic rings. The normalized spacial score (nSPS) is 18.1. The second-order valence-corrected chi connectivity index (χ2v) is 9.97. The minimum Gasteiger partial charge on any atom is -0.395 e. The predicted molar refractivity (Wildman–Crippen MR) is 137 cm³/mol. The molecule has 37 heavy (non-hydrogen) atoms. The molecule has 0 unspecified atom stereocenters. The Bertz CT molecular complexity index is 1160. The van der Waals surface area contributed by atoms with Gasteiger partial charge in [-0.15, -0.1) is 0 Å². The molecule has 0 bridgehead atoms. The lowest BCUT2D eigenvalue weighted by Crippen LogP contribution is -2.25. The van der Waals surface area contributed by atoms with Crippen LogP contribution in [-0.2, 0) is 12.5 Å². The molecule has 1 aliphatic carbocycles. The topological polar surface area (TPSA) is 35.0 Å². The fraction of sp³-hybridized carbons (Fsp3) is 0.467. The number of hydrogen-bond donors (Lipinski definition) is 0. The predicted octanol–water partition coefficient (Wildman–Crippen LogP) is 8.97. The first-order chi connectivity index (χ1) is 17.8. The molecule has 7 heteroatoms. The largest absolute Gasteiger partial charge is 0.431 e. The summed E-state index contributed by atoms with van der Waals surface area (Å²) < 4.78 is 63.8. The van der Waals surface area contributed by atoms with E-state index in [9.17, 15) is 17.6 Å². The molecule has 0 N–H and O–H groups in total. The summed E-state index contributed by atoms with van der Waals surface area (Å²) in [5, 5.41) is 0. The van der Waals surface area contributed by atoms with Gasteiger partial charge in [-0.1, -0.05) is 69.9 Å². The van der Waals surface area contributed by atoms with E-state index in [1.54, 1.807) is 24.3 Å². The molecule has 0 amide bonds. The van der Waals surface area contributed by atoms with Crippen LogP contribution >= 0.6 is 0 Å². The van der Waals surface area contributed by atoms with E-state index in [4.69, 9.17) is 0 Å². The average Bonchev–Trinajstić information content (AvgIpc) is 2.91. The molecule has 2 aromatic carbocycles. The molecular weight excluding hydrogens is 480 g/mol. The summed E-state index contributed by atoms with van der Waals surface area (Å²) in [5.41, 5.74) is 1.02. The number of alkyl halides is 2. The van der Waals surface area contributed by atoms with Crippen molar-refractivity contribution in [3.8, 4) is 17.1 Å². The maximum absolute atomic E-state index is 14.8. The van der Waals surface area contributed by atoms with Crippen LogP contribution in [0.3, 0.4) is 0 Å². The molecule has 4 rings (SSSR count). The Hall–Kier alpha value is -2.96. The van der Waals surface area contributed by atoms with Crippen molar-refractivity contribution < 1.29 is 22.3 Å². The minimum atomic E-state index is -4.15. The summed E-state index contributed by atoms with van der Waals surface area (Å²) >= 11 is 0. The minimum absolute atomic E-state index is 0.0969. The van der Waals surface area contributed by atoms with Crippen LogP contribution in [0.5, 0.6) is 6.01 Å². The van der Waals surface area contributed by atoms with Gasteiger partial charge in [0.25, 0.3) is 0 Å². The monoisotopic (exact) mass is 514 g/mol. The third-order valence-electron chi connectivity index (χ3n) is 7.47. The highest BCUT2D eigenvalue weighted by Gasteiger charge is 2.40. The second kappa shape index (κ2) is 12.1. The number of aryl methyl sites for hydroxylation is 1. The summed E-state index contributed by atoms with van der Waals surface area (Å²) in [6.45, 7) is 4.18. The fourth-order valence-electron chi connectivity index (χ4n) is 5.14. The van der Waals surface area contributed by atoms with Crippen LogP contribution in [0.15, 0.2) is 48.8 Å². The Morgan fingerprint density at radius 1 is 0.865 bits per heavy atom. The van der Waals surface area contributed by atoms with Gasteiger partial charge in [0.1, 0.15) is 5.56 Å². The molecule has 0 aliphatic heterocycles. The zero-order chi connectivity index (χ0) is 26.4. The molecule has 1 heterocycles. The van der Waals surface area contributed by atoms with Crippen molar-refractivity contribution in [3.05, 3.63) is 77.1 Å². The summed E-state index contributed by atoms with van der Waals surface area (Å²) in [5.74, 6) is -1.97. The van der Waals surface area contributed by atoms with E-state index in [2.05, 4.69) is 21.6 Å². The summed E-state index contributed by atoms with van der Waals surface area (Å²) in [6.07, 6.45) is 9.02. The summed E-state index contributed by atoms with van der Waals surface area (Å²) in [4.78, 5) is 7.90. The van der Waals surface area contributed by atoms with Crippen LogP contribution in [0.1, 0.15) is 87.8 Å².